The van der Waals surface area contributed by atoms with Gasteiger partial charge in [-0.1, -0.05) is 13.0 Å². The number of nitrogens with one attached hydrogen (secondary N) is 3. The van der Waals surface area contributed by atoms with Crippen molar-refractivity contribution in [3.8, 4) is 0 Å². The van der Waals surface area contributed by atoms with Gasteiger partial charge < -0.3 is 26.8 Å². The van der Waals surface area contributed by atoms with E-state index in [1.54, 1.807) is 41.3 Å². The first-order valence-electron chi connectivity index (χ1n) is 10.5. The third kappa shape index (κ3) is 5.63. The summed E-state index contributed by atoms with van der Waals surface area (Å²) in [6.07, 6.45) is 2.04. The minimum absolute atomic E-state index is 0.194. The first kappa shape index (κ1) is 23.7. The van der Waals surface area contributed by atoms with Crippen molar-refractivity contribution in [3.63, 3.8) is 0 Å². The number of aromatic nitrogens is 1. The molecule has 1 aliphatic heterocycles. The van der Waals surface area contributed by atoms with Gasteiger partial charge in [-0.25, -0.2) is 4.79 Å². The molecule has 174 valence electrons. The molecule has 0 fully saturated rings. The topological polar surface area (TPSA) is 167 Å². The number of amides is 5. The molecule has 0 radical (unpaired) electrons. The van der Waals surface area contributed by atoms with Crippen LogP contribution in [0.3, 0.4) is 0 Å². The largest absolute Gasteiger partial charge is 0.394 e. The van der Waals surface area contributed by atoms with Crippen LogP contribution < -0.4 is 26.6 Å². The number of aliphatic hydroxyl groups excluding tert-OH is 1. The summed E-state index contributed by atoms with van der Waals surface area (Å²) in [4.78, 5) is 54.5. The van der Waals surface area contributed by atoms with E-state index in [2.05, 4.69) is 20.9 Å². The number of anilines is 2. The van der Waals surface area contributed by atoms with Crippen molar-refractivity contribution in [2.24, 2.45) is 5.73 Å². The van der Waals surface area contributed by atoms with Crippen molar-refractivity contribution < 1.29 is 24.3 Å². The van der Waals surface area contributed by atoms with Crippen molar-refractivity contribution in [3.05, 3.63) is 53.9 Å². The zero-order valence-electron chi connectivity index (χ0n) is 18.1. The molecule has 0 saturated heterocycles. The van der Waals surface area contributed by atoms with Gasteiger partial charge in [0.05, 0.1) is 24.8 Å². The highest BCUT2D eigenvalue weighted by Gasteiger charge is 2.32. The lowest BCUT2D eigenvalue weighted by Crippen LogP contribution is -2.50. The van der Waals surface area contributed by atoms with Crippen LogP contribution in [0.4, 0.5) is 16.2 Å². The number of urea groups is 1. The highest BCUT2D eigenvalue weighted by atomic mass is 16.3. The van der Waals surface area contributed by atoms with Crippen molar-refractivity contribution in [1.29, 1.82) is 0 Å². The van der Waals surface area contributed by atoms with Gasteiger partial charge in [-0.2, -0.15) is 0 Å². The van der Waals surface area contributed by atoms with E-state index >= 15 is 0 Å². The number of rotatable bonds is 9. The van der Waals surface area contributed by atoms with Crippen molar-refractivity contribution in [2.75, 3.05) is 23.4 Å². The molecule has 1 aromatic carbocycles. The van der Waals surface area contributed by atoms with Gasteiger partial charge in [0.15, 0.2) is 0 Å². The third-order valence-electron chi connectivity index (χ3n) is 5.09. The van der Waals surface area contributed by atoms with Crippen LogP contribution in [0.2, 0.25) is 0 Å². The maximum absolute atomic E-state index is 12.7. The molecule has 33 heavy (non-hydrogen) atoms. The van der Waals surface area contributed by atoms with Crippen molar-refractivity contribution in [2.45, 2.75) is 31.8 Å². The molecule has 2 aromatic rings. The van der Waals surface area contributed by atoms with Gasteiger partial charge in [0.1, 0.15) is 11.7 Å². The minimum Gasteiger partial charge on any atom is -0.394 e. The van der Waals surface area contributed by atoms with E-state index in [0.717, 1.165) is 0 Å². The fraction of sp³-hybridized carbons (Fsp3) is 0.318. The predicted octanol–water partition coefficient (Wildman–Crippen LogP) is 0.667. The monoisotopic (exact) mass is 454 g/mol. The average molecular weight is 454 g/mol. The molecule has 0 aliphatic carbocycles. The average Bonchev–Trinajstić information content (AvgIpc) is 2.80. The molecule has 0 bridgehead atoms. The molecule has 2 unspecified atom stereocenters. The Morgan fingerprint density at radius 3 is 2.70 bits per heavy atom. The zero-order chi connectivity index (χ0) is 24.0. The first-order valence-corrected chi connectivity index (χ1v) is 10.5. The minimum atomic E-state index is -1.23. The maximum atomic E-state index is 12.7. The molecule has 6 N–H and O–H groups in total. The summed E-state index contributed by atoms with van der Waals surface area (Å²) in [5, 5.41) is 17.1. The second-order valence-corrected chi connectivity index (χ2v) is 7.51. The van der Waals surface area contributed by atoms with E-state index in [0.29, 0.717) is 29.9 Å². The summed E-state index contributed by atoms with van der Waals surface area (Å²) in [7, 11) is 0. The Morgan fingerprint density at radius 2 is 2.06 bits per heavy atom. The number of nitrogens with two attached hydrogens (primary N) is 1. The molecule has 11 nitrogen and oxygen atoms in total. The normalized spacial score (nSPS) is 15.8. The number of carbonyl (C=O) groups is 4. The molecule has 0 spiro atoms. The van der Waals surface area contributed by atoms with E-state index in [1.165, 1.54) is 6.20 Å². The lowest BCUT2D eigenvalue weighted by atomic mass is 9.97. The highest BCUT2D eigenvalue weighted by molar-refractivity contribution is 6.03. The van der Waals surface area contributed by atoms with Crippen LogP contribution in [0.1, 0.15) is 41.9 Å². The summed E-state index contributed by atoms with van der Waals surface area (Å²) in [5.74, 6) is -1.84. The standard InChI is InChI=1S/C22H26N6O5/c1-2-9-28-18-7-6-13(25-21(32)15-5-3-4-8-24-15)10-14(18)16(27-22(28)33)11-19(30)26-17(12-29)20(23)31/h3-8,10,16-17,29H,2,9,11-12H2,1H3,(H2,23,31)(H,25,32)(H,26,30)(H,27,33). The van der Waals surface area contributed by atoms with Gasteiger partial charge in [-0.15, -0.1) is 0 Å². The van der Waals surface area contributed by atoms with Crippen LogP contribution in [0.5, 0.6) is 0 Å². The van der Waals surface area contributed by atoms with Crippen LogP contribution in [-0.2, 0) is 9.59 Å². The predicted molar refractivity (Wildman–Crippen MR) is 120 cm³/mol. The van der Waals surface area contributed by atoms with Gasteiger partial charge in [-0.3, -0.25) is 24.3 Å². The van der Waals surface area contributed by atoms with Gasteiger partial charge in [0.25, 0.3) is 5.91 Å². The summed E-state index contributed by atoms with van der Waals surface area (Å²) < 4.78 is 0. The molecule has 3 rings (SSSR count). The SMILES string of the molecule is CCCN1C(=O)NC(CC(=O)NC(CO)C(N)=O)c2cc(NC(=O)c3ccccn3)ccc21. The van der Waals surface area contributed by atoms with Crippen molar-refractivity contribution in [1.82, 2.24) is 15.6 Å². The third-order valence-corrected chi connectivity index (χ3v) is 5.09. The van der Waals surface area contributed by atoms with Crippen LogP contribution in [0.15, 0.2) is 42.6 Å². The fourth-order valence-electron chi connectivity index (χ4n) is 3.52. The number of pyridine rings is 1. The molecule has 0 saturated carbocycles. The lowest BCUT2D eigenvalue weighted by Gasteiger charge is -2.35. The number of hydrogen-bond acceptors (Lipinski definition) is 6. The van der Waals surface area contributed by atoms with E-state index < -0.39 is 36.4 Å². The first-order chi connectivity index (χ1) is 15.8. The van der Waals surface area contributed by atoms with Gasteiger partial charge in [0.2, 0.25) is 11.8 Å². The van der Waals surface area contributed by atoms with Crippen LogP contribution in [0.25, 0.3) is 0 Å². The molecule has 2 atom stereocenters. The smallest absolute Gasteiger partial charge is 0.322 e. The van der Waals surface area contributed by atoms with E-state index in [4.69, 9.17) is 5.73 Å². The van der Waals surface area contributed by atoms with E-state index in [1.807, 2.05) is 6.92 Å². The number of nitrogens with zero attached hydrogens (tertiary/aromatic N) is 2. The Hall–Kier alpha value is -3.99. The summed E-state index contributed by atoms with van der Waals surface area (Å²) >= 11 is 0. The molecular formula is C22H26N6O5. The Labute approximate surface area is 190 Å². The molecule has 5 amide bonds. The zero-order valence-corrected chi connectivity index (χ0v) is 18.1. The Bertz CT molecular complexity index is 1040. The Kier molecular flexibility index (Phi) is 7.57. The second-order valence-electron chi connectivity index (χ2n) is 7.51. The number of primary amides is 1. The lowest BCUT2D eigenvalue weighted by molar-refractivity contribution is -0.128. The van der Waals surface area contributed by atoms with Crippen LogP contribution in [0, 0.1) is 0 Å². The molecular weight excluding hydrogens is 428 g/mol. The second kappa shape index (κ2) is 10.6. The molecule has 2 heterocycles. The number of fused-ring (bicyclic) bond motifs is 1. The summed E-state index contributed by atoms with van der Waals surface area (Å²) in [5.41, 5.74) is 7.10. The van der Waals surface area contributed by atoms with Crippen molar-refractivity contribution >= 4 is 35.1 Å². The van der Waals surface area contributed by atoms with Crippen LogP contribution >= 0.6 is 0 Å². The Morgan fingerprint density at radius 1 is 1.27 bits per heavy atom. The maximum Gasteiger partial charge on any atom is 0.322 e. The quantitative estimate of drug-likeness (QED) is 0.373. The highest BCUT2D eigenvalue weighted by Crippen LogP contribution is 2.35. The van der Waals surface area contributed by atoms with E-state index in [-0.39, 0.29) is 18.1 Å². The van der Waals surface area contributed by atoms with Crippen LogP contribution in [-0.4, -0.2) is 53.0 Å². The number of benzene rings is 1. The van der Waals surface area contributed by atoms with Gasteiger partial charge in [-0.05, 0) is 36.8 Å². The number of carbonyl (C=O) groups excluding carboxylic acids is 4. The van der Waals surface area contributed by atoms with Gasteiger partial charge >= 0.3 is 6.03 Å². The number of aliphatic hydroxyl groups is 1. The summed E-state index contributed by atoms with van der Waals surface area (Å²) in [6.45, 7) is 1.76. The number of hydrogen-bond donors (Lipinski definition) is 5. The van der Waals surface area contributed by atoms with E-state index in [9.17, 15) is 24.3 Å². The van der Waals surface area contributed by atoms with Gasteiger partial charge in [0, 0.05) is 24.0 Å². The molecule has 11 heteroatoms. The molecule has 1 aromatic heterocycles. The Balaban J connectivity index is 1.87. The fourth-order valence-corrected chi connectivity index (χ4v) is 3.52. The molecule has 1 aliphatic rings. The summed E-state index contributed by atoms with van der Waals surface area (Å²) in [6, 6.07) is 7.75.